The minimum atomic E-state index is -0.168. The molecular formula is C13H14ClN3O2. The van der Waals surface area contributed by atoms with E-state index in [2.05, 4.69) is 5.10 Å². The standard InChI is InChI=1S/C13H14ClN3O2/c1-16(2)13(19)11-5-6-17(15-11)12-4-3-10(14)7-9(12)8-18/h3-7,18H,8H2,1-2H3. The zero-order chi connectivity index (χ0) is 14.0. The van der Waals surface area contributed by atoms with Crippen molar-refractivity contribution in [1.82, 2.24) is 14.7 Å². The van der Waals surface area contributed by atoms with E-state index in [1.165, 1.54) is 4.90 Å². The third-order valence-corrected chi connectivity index (χ3v) is 2.91. The molecule has 0 bridgehead atoms. The normalized spacial score (nSPS) is 10.5. The number of carbonyl (C=O) groups is 1. The van der Waals surface area contributed by atoms with E-state index in [1.54, 1.807) is 49.2 Å². The van der Waals surface area contributed by atoms with Gasteiger partial charge < -0.3 is 10.0 Å². The topological polar surface area (TPSA) is 58.4 Å². The predicted octanol–water partition coefficient (Wildman–Crippen LogP) is 1.72. The highest BCUT2D eigenvalue weighted by atomic mass is 35.5. The molecule has 0 fully saturated rings. The van der Waals surface area contributed by atoms with Gasteiger partial charge in [-0.1, -0.05) is 11.6 Å². The molecule has 2 aromatic rings. The predicted molar refractivity (Wildman–Crippen MR) is 72.5 cm³/mol. The number of hydrogen-bond donors (Lipinski definition) is 1. The van der Waals surface area contributed by atoms with Crippen LogP contribution in [0.1, 0.15) is 16.1 Å². The molecule has 0 atom stereocenters. The first-order chi connectivity index (χ1) is 9.02. The molecule has 5 nitrogen and oxygen atoms in total. The molecule has 0 unspecified atom stereocenters. The highest BCUT2D eigenvalue weighted by Crippen LogP contribution is 2.19. The van der Waals surface area contributed by atoms with E-state index in [0.29, 0.717) is 22.0 Å². The third-order valence-electron chi connectivity index (χ3n) is 2.67. The number of aliphatic hydroxyl groups excluding tert-OH is 1. The van der Waals surface area contributed by atoms with Crippen molar-refractivity contribution in [3.8, 4) is 5.69 Å². The van der Waals surface area contributed by atoms with Crippen molar-refractivity contribution < 1.29 is 9.90 Å². The van der Waals surface area contributed by atoms with Crippen LogP contribution in [0.25, 0.3) is 5.69 Å². The van der Waals surface area contributed by atoms with E-state index < -0.39 is 0 Å². The Kier molecular flexibility index (Phi) is 3.87. The Balaban J connectivity index is 2.41. The first kappa shape index (κ1) is 13.6. The highest BCUT2D eigenvalue weighted by Gasteiger charge is 2.13. The first-order valence-electron chi connectivity index (χ1n) is 5.70. The molecule has 0 saturated carbocycles. The van der Waals surface area contributed by atoms with Gasteiger partial charge in [-0.15, -0.1) is 0 Å². The molecule has 0 radical (unpaired) electrons. The molecule has 0 saturated heterocycles. The summed E-state index contributed by atoms with van der Waals surface area (Å²) in [6, 6.07) is 6.78. The van der Waals surface area contributed by atoms with Crippen molar-refractivity contribution in [2.45, 2.75) is 6.61 Å². The fourth-order valence-electron chi connectivity index (χ4n) is 1.71. The number of rotatable bonds is 3. The van der Waals surface area contributed by atoms with Crippen LogP contribution in [0.15, 0.2) is 30.5 Å². The van der Waals surface area contributed by atoms with Crippen LogP contribution in [0.3, 0.4) is 0 Å². The van der Waals surface area contributed by atoms with E-state index in [4.69, 9.17) is 11.6 Å². The maximum absolute atomic E-state index is 11.8. The number of halogens is 1. The Hall–Kier alpha value is -1.85. The van der Waals surface area contributed by atoms with Crippen LogP contribution in [0.4, 0.5) is 0 Å². The Morgan fingerprint density at radius 2 is 2.16 bits per heavy atom. The van der Waals surface area contributed by atoms with Crippen LogP contribution in [-0.4, -0.2) is 39.8 Å². The van der Waals surface area contributed by atoms with Crippen molar-refractivity contribution in [2.75, 3.05) is 14.1 Å². The van der Waals surface area contributed by atoms with Crippen LogP contribution < -0.4 is 0 Å². The number of aliphatic hydroxyl groups is 1. The minimum absolute atomic E-state index is 0.146. The monoisotopic (exact) mass is 279 g/mol. The van der Waals surface area contributed by atoms with Crippen molar-refractivity contribution in [2.24, 2.45) is 0 Å². The number of hydrogen-bond acceptors (Lipinski definition) is 3. The van der Waals surface area contributed by atoms with Gasteiger partial charge in [0.05, 0.1) is 12.3 Å². The van der Waals surface area contributed by atoms with Gasteiger partial charge in [0.15, 0.2) is 5.69 Å². The van der Waals surface area contributed by atoms with E-state index in [9.17, 15) is 9.90 Å². The summed E-state index contributed by atoms with van der Waals surface area (Å²) in [5.74, 6) is -0.168. The number of amides is 1. The molecule has 0 aliphatic rings. The fraction of sp³-hybridized carbons (Fsp3) is 0.231. The molecule has 0 aliphatic carbocycles. The summed E-state index contributed by atoms with van der Waals surface area (Å²) in [7, 11) is 3.34. The molecule has 1 aromatic heterocycles. The summed E-state index contributed by atoms with van der Waals surface area (Å²) in [6.45, 7) is -0.146. The van der Waals surface area contributed by atoms with Gasteiger partial charge in [-0.25, -0.2) is 4.68 Å². The van der Waals surface area contributed by atoms with Gasteiger partial charge in [-0.2, -0.15) is 5.10 Å². The van der Waals surface area contributed by atoms with Gasteiger partial charge in [0.25, 0.3) is 5.91 Å². The maximum atomic E-state index is 11.8. The zero-order valence-corrected chi connectivity index (χ0v) is 11.4. The number of nitrogens with zero attached hydrogens (tertiary/aromatic N) is 3. The van der Waals surface area contributed by atoms with Gasteiger partial charge in [0, 0.05) is 30.9 Å². The van der Waals surface area contributed by atoms with E-state index in [0.717, 1.165) is 0 Å². The largest absolute Gasteiger partial charge is 0.392 e. The van der Waals surface area contributed by atoms with Crippen LogP contribution >= 0.6 is 11.6 Å². The average molecular weight is 280 g/mol. The van der Waals surface area contributed by atoms with Gasteiger partial charge in [0.2, 0.25) is 0 Å². The summed E-state index contributed by atoms with van der Waals surface area (Å²) in [4.78, 5) is 13.2. The van der Waals surface area contributed by atoms with Crippen molar-refractivity contribution in [3.63, 3.8) is 0 Å². The lowest BCUT2D eigenvalue weighted by molar-refractivity contribution is 0.0821. The minimum Gasteiger partial charge on any atom is -0.392 e. The van der Waals surface area contributed by atoms with Gasteiger partial charge >= 0.3 is 0 Å². The zero-order valence-electron chi connectivity index (χ0n) is 10.7. The van der Waals surface area contributed by atoms with Crippen molar-refractivity contribution >= 4 is 17.5 Å². The smallest absolute Gasteiger partial charge is 0.273 e. The van der Waals surface area contributed by atoms with Crippen molar-refractivity contribution in [3.05, 3.63) is 46.7 Å². The molecule has 0 aliphatic heterocycles. The summed E-state index contributed by atoms with van der Waals surface area (Å²) >= 11 is 5.88. The third kappa shape index (κ3) is 2.77. The van der Waals surface area contributed by atoms with E-state index >= 15 is 0 Å². The Bertz CT molecular complexity index is 608. The molecule has 100 valence electrons. The van der Waals surface area contributed by atoms with Crippen LogP contribution in [-0.2, 0) is 6.61 Å². The average Bonchev–Trinajstić information content (AvgIpc) is 2.86. The molecule has 1 amide bonds. The van der Waals surface area contributed by atoms with Crippen molar-refractivity contribution in [1.29, 1.82) is 0 Å². The lowest BCUT2D eigenvalue weighted by Crippen LogP contribution is -2.22. The number of benzene rings is 1. The Morgan fingerprint density at radius 3 is 2.79 bits per heavy atom. The quantitative estimate of drug-likeness (QED) is 0.931. The second-order valence-corrected chi connectivity index (χ2v) is 4.71. The summed E-state index contributed by atoms with van der Waals surface area (Å²) in [5, 5.41) is 14.1. The molecule has 6 heteroatoms. The lowest BCUT2D eigenvalue weighted by Gasteiger charge is -2.09. The van der Waals surface area contributed by atoms with E-state index in [1.807, 2.05) is 0 Å². The highest BCUT2D eigenvalue weighted by molar-refractivity contribution is 6.30. The van der Waals surface area contributed by atoms with Crippen LogP contribution in [0.2, 0.25) is 5.02 Å². The second kappa shape index (κ2) is 5.42. The molecule has 1 aromatic carbocycles. The van der Waals surface area contributed by atoms with E-state index in [-0.39, 0.29) is 12.5 Å². The van der Waals surface area contributed by atoms with Gasteiger partial charge in [-0.3, -0.25) is 4.79 Å². The Morgan fingerprint density at radius 1 is 1.42 bits per heavy atom. The first-order valence-corrected chi connectivity index (χ1v) is 6.07. The molecule has 1 N–H and O–H groups in total. The maximum Gasteiger partial charge on any atom is 0.273 e. The van der Waals surface area contributed by atoms with Crippen LogP contribution in [0, 0.1) is 0 Å². The molecule has 2 rings (SSSR count). The molecular weight excluding hydrogens is 266 g/mol. The fourth-order valence-corrected chi connectivity index (χ4v) is 1.90. The molecule has 19 heavy (non-hydrogen) atoms. The Labute approximate surface area is 116 Å². The van der Waals surface area contributed by atoms with Crippen LogP contribution in [0.5, 0.6) is 0 Å². The lowest BCUT2D eigenvalue weighted by atomic mass is 10.2. The second-order valence-electron chi connectivity index (χ2n) is 4.28. The SMILES string of the molecule is CN(C)C(=O)c1ccn(-c2ccc(Cl)cc2CO)n1. The summed E-state index contributed by atoms with van der Waals surface area (Å²) in [6.07, 6.45) is 1.68. The van der Waals surface area contributed by atoms with Gasteiger partial charge in [0.1, 0.15) is 0 Å². The van der Waals surface area contributed by atoms with Gasteiger partial charge in [-0.05, 0) is 24.3 Å². The molecule has 1 heterocycles. The molecule has 0 spiro atoms. The summed E-state index contributed by atoms with van der Waals surface area (Å²) in [5.41, 5.74) is 1.70. The summed E-state index contributed by atoms with van der Waals surface area (Å²) < 4.78 is 1.55. The number of carbonyl (C=O) groups excluding carboxylic acids is 1. The number of aromatic nitrogens is 2.